The highest BCUT2D eigenvalue weighted by atomic mass is 79.9. The minimum Gasteiger partial charge on any atom is -0.381 e. The van der Waals surface area contributed by atoms with Gasteiger partial charge < -0.3 is 10.1 Å². The van der Waals surface area contributed by atoms with E-state index in [1.165, 1.54) is 11.2 Å². The van der Waals surface area contributed by atoms with Crippen LogP contribution in [0.1, 0.15) is 5.56 Å². The van der Waals surface area contributed by atoms with Crippen LogP contribution in [0.25, 0.3) is 5.65 Å². The number of fused-ring (bicyclic) bond motifs is 1. The molecule has 0 bridgehead atoms. The zero-order chi connectivity index (χ0) is 14.1. The van der Waals surface area contributed by atoms with E-state index in [4.69, 9.17) is 11.6 Å². The zero-order valence-corrected chi connectivity index (χ0v) is 12.0. The van der Waals surface area contributed by atoms with E-state index >= 15 is 0 Å². The molecule has 0 aliphatic rings. The van der Waals surface area contributed by atoms with Crippen molar-refractivity contribution in [1.29, 1.82) is 0 Å². The van der Waals surface area contributed by atoms with E-state index < -0.39 is 0 Å². The maximum atomic E-state index is 6.02. The smallest absolute Gasteiger partial charge is 0.187 e. The molecule has 0 saturated heterocycles. The molecular formula is C12H12BrN7. The summed E-state index contributed by atoms with van der Waals surface area (Å²) in [6, 6.07) is 3.89. The molecule has 20 heavy (non-hydrogen) atoms. The van der Waals surface area contributed by atoms with Crippen LogP contribution in [0.4, 0.5) is 11.6 Å². The second kappa shape index (κ2) is 5.06. The second-order valence-electron chi connectivity index (χ2n) is 4.26. The number of hydrogen-bond donors (Lipinski definition) is 2. The Balaban J connectivity index is 1.87. The molecule has 0 amide bonds. The highest BCUT2D eigenvalue weighted by Crippen LogP contribution is 2.20. The molecule has 0 aromatic carbocycles. The Morgan fingerprint density at radius 2 is 2.15 bits per heavy atom. The number of anilines is 2. The summed E-state index contributed by atoms with van der Waals surface area (Å²) in [5.74, 6) is 6.75. The van der Waals surface area contributed by atoms with Gasteiger partial charge in [-0.25, -0.2) is 20.8 Å². The van der Waals surface area contributed by atoms with Crippen LogP contribution in [0.5, 0.6) is 0 Å². The Morgan fingerprint density at radius 1 is 1.30 bits per heavy atom. The average Bonchev–Trinajstić information content (AvgIpc) is 2.89. The van der Waals surface area contributed by atoms with Gasteiger partial charge in [-0.2, -0.15) is 0 Å². The number of nitrogens with zero attached hydrogens (tertiary/aromatic N) is 5. The Morgan fingerprint density at radius 3 is 3.00 bits per heavy atom. The van der Waals surface area contributed by atoms with E-state index in [1.54, 1.807) is 6.20 Å². The van der Waals surface area contributed by atoms with E-state index in [-0.39, 0.29) is 0 Å². The van der Waals surface area contributed by atoms with Gasteiger partial charge in [0.15, 0.2) is 11.6 Å². The molecule has 0 aliphatic carbocycles. The van der Waals surface area contributed by atoms with E-state index in [0.717, 1.165) is 11.2 Å². The quantitative estimate of drug-likeness (QED) is 0.554. The van der Waals surface area contributed by atoms with Gasteiger partial charge in [-0.1, -0.05) is 6.07 Å². The van der Waals surface area contributed by atoms with E-state index in [0.29, 0.717) is 22.8 Å². The normalized spacial score (nSPS) is 10.9. The van der Waals surface area contributed by atoms with Crippen LogP contribution >= 0.6 is 15.9 Å². The van der Waals surface area contributed by atoms with Gasteiger partial charge in [0, 0.05) is 18.6 Å². The van der Waals surface area contributed by atoms with Gasteiger partial charge in [-0.05, 0) is 27.6 Å². The summed E-state index contributed by atoms with van der Waals surface area (Å²) in [5, 5.41) is 1.46. The summed E-state index contributed by atoms with van der Waals surface area (Å²) >= 11 is 3.25. The molecule has 102 valence electrons. The number of hydrogen-bond acceptors (Lipinski definition) is 6. The molecular weight excluding hydrogens is 322 g/mol. The Kier molecular flexibility index (Phi) is 3.25. The van der Waals surface area contributed by atoms with Gasteiger partial charge in [0.2, 0.25) is 0 Å². The molecule has 0 atom stereocenters. The van der Waals surface area contributed by atoms with Gasteiger partial charge in [0.25, 0.3) is 0 Å². The molecule has 3 aromatic rings. The van der Waals surface area contributed by atoms with Crippen LogP contribution in [-0.4, -0.2) is 19.4 Å². The van der Waals surface area contributed by atoms with Crippen molar-refractivity contribution in [3.63, 3.8) is 0 Å². The summed E-state index contributed by atoms with van der Waals surface area (Å²) in [6.45, 7) is 0.462. The number of hydrazine groups is 1. The fourth-order valence-corrected chi connectivity index (χ4v) is 2.18. The molecule has 0 saturated carbocycles. The zero-order valence-electron chi connectivity index (χ0n) is 10.4. The Labute approximate surface area is 123 Å². The highest BCUT2D eigenvalue weighted by Gasteiger charge is 2.11. The Bertz CT molecular complexity index is 754. The molecule has 0 fully saturated rings. The van der Waals surface area contributed by atoms with E-state index in [1.807, 2.05) is 28.9 Å². The molecule has 4 N–H and O–H groups in total. The number of nitrogens with two attached hydrogens (primary N) is 2. The molecule has 0 radical (unpaired) electrons. The number of rotatable bonds is 3. The summed E-state index contributed by atoms with van der Waals surface area (Å²) in [6.07, 6.45) is 7.12. The minimum atomic E-state index is 0.291. The van der Waals surface area contributed by atoms with Crippen LogP contribution in [0.3, 0.4) is 0 Å². The van der Waals surface area contributed by atoms with Crippen molar-refractivity contribution < 1.29 is 0 Å². The van der Waals surface area contributed by atoms with Gasteiger partial charge in [-0.15, -0.1) is 0 Å². The third-order valence-corrected chi connectivity index (χ3v) is 3.21. The van der Waals surface area contributed by atoms with Crippen LogP contribution in [0.2, 0.25) is 0 Å². The Hall–Kier alpha value is -2.19. The van der Waals surface area contributed by atoms with Crippen LogP contribution in [-0.2, 0) is 6.54 Å². The molecule has 0 spiro atoms. The van der Waals surface area contributed by atoms with Crippen molar-refractivity contribution in [3.8, 4) is 0 Å². The first kappa shape index (κ1) is 12.8. The largest absolute Gasteiger partial charge is 0.381 e. The fraction of sp³-hybridized carbons (Fsp3) is 0.0833. The molecule has 8 heteroatoms. The van der Waals surface area contributed by atoms with E-state index in [2.05, 4.69) is 30.9 Å². The van der Waals surface area contributed by atoms with Crippen molar-refractivity contribution in [1.82, 2.24) is 19.4 Å². The number of nitrogen functional groups attached to an aromatic ring is 1. The van der Waals surface area contributed by atoms with Crippen LogP contribution in [0.15, 0.2) is 41.5 Å². The number of imidazole rings is 1. The summed E-state index contributed by atoms with van der Waals surface area (Å²) in [5.41, 5.74) is 7.69. The summed E-state index contributed by atoms with van der Waals surface area (Å²) in [4.78, 5) is 12.4. The van der Waals surface area contributed by atoms with Crippen molar-refractivity contribution in [2.24, 2.45) is 5.84 Å². The monoisotopic (exact) mass is 333 g/mol. The standard InChI is InChI=1S/C12H12BrN7/c13-9-5-17-11(14)12(18-9)20(15)7-8-1-2-10-16-3-4-19(10)6-8/h1-6H,7,15H2,(H2,14,17). The van der Waals surface area contributed by atoms with Crippen molar-refractivity contribution >= 4 is 33.2 Å². The third-order valence-electron chi connectivity index (χ3n) is 2.83. The lowest BCUT2D eigenvalue weighted by atomic mass is 10.3. The molecule has 0 unspecified atom stereocenters. The maximum absolute atomic E-state index is 6.02. The molecule has 0 aliphatic heterocycles. The van der Waals surface area contributed by atoms with Crippen molar-refractivity contribution in [2.75, 3.05) is 10.7 Å². The van der Waals surface area contributed by atoms with E-state index in [9.17, 15) is 0 Å². The highest BCUT2D eigenvalue weighted by molar-refractivity contribution is 9.10. The number of aromatic nitrogens is 4. The lowest BCUT2D eigenvalue weighted by Crippen LogP contribution is -2.32. The van der Waals surface area contributed by atoms with Gasteiger partial charge in [-0.3, -0.25) is 5.01 Å². The predicted octanol–water partition coefficient (Wildman–Crippen LogP) is 1.35. The maximum Gasteiger partial charge on any atom is 0.187 e. The van der Waals surface area contributed by atoms with Crippen LogP contribution < -0.4 is 16.6 Å². The molecule has 3 aromatic heterocycles. The molecule has 3 heterocycles. The second-order valence-corrected chi connectivity index (χ2v) is 5.07. The summed E-state index contributed by atoms with van der Waals surface area (Å²) < 4.78 is 2.52. The fourth-order valence-electron chi connectivity index (χ4n) is 1.91. The predicted molar refractivity (Wildman–Crippen MR) is 79.7 cm³/mol. The SMILES string of the molecule is Nc1ncc(Br)nc1N(N)Cc1ccc2nccn2c1. The molecule has 7 nitrogen and oxygen atoms in total. The first-order valence-electron chi connectivity index (χ1n) is 5.85. The lowest BCUT2D eigenvalue weighted by Gasteiger charge is -2.18. The first-order chi connectivity index (χ1) is 9.63. The number of pyridine rings is 1. The first-order valence-corrected chi connectivity index (χ1v) is 6.64. The third kappa shape index (κ3) is 2.43. The lowest BCUT2D eigenvalue weighted by molar-refractivity contribution is 0.821. The van der Waals surface area contributed by atoms with Crippen molar-refractivity contribution in [2.45, 2.75) is 6.54 Å². The van der Waals surface area contributed by atoms with Crippen molar-refractivity contribution in [3.05, 3.63) is 47.1 Å². The minimum absolute atomic E-state index is 0.291. The van der Waals surface area contributed by atoms with Gasteiger partial charge >= 0.3 is 0 Å². The van der Waals surface area contributed by atoms with Gasteiger partial charge in [0.05, 0.1) is 12.7 Å². The number of halogens is 1. The van der Waals surface area contributed by atoms with Crippen LogP contribution in [0, 0.1) is 0 Å². The topological polar surface area (TPSA) is 98.4 Å². The average molecular weight is 334 g/mol. The van der Waals surface area contributed by atoms with Gasteiger partial charge in [0.1, 0.15) is 10.3 Å². The molecule has 3 rings (SSSR count). The summed E-state index contributed by atoms with van der Waals surface area (Å²) in [7, 11) is 0.